The Hall–Kier alpha value is -3.34. The number of ether oxygens (including phenoxy) is 1. The average Bonchev–Trinajstić information content (AvgIpc) is 3.37. The van der Waals surface area contributed by atoms with Gasteiger partial charge in [0.15, 0.2) is 5.13 Å². The van der Waals surface area contributed by atoms with E-state index >= 15 is 0 Å². The predicted molar refractivity (Wildman–Crippen MR) is 159 cm³/mol. The van der Waals surface area contributed by atoms with Crippen molar-refractivity contribution in [2.45, 2.75) is 26.3 Å². The standard InChI is InChI=1S/C28H31Cl2N5O4S/c1-18(2)35(27(38)21-9-8-19(29)14-22(21)30)16-25(36)32-28-31-20(17-40-28)15-26(37)34-12-10-33(11-13-34)23-6-4-5-7-24(23)39-3/h4-9,14,17-18H,10-13,15-16H2,1-3H3,(H,31,32,36). The largest absolute Gasteiger partial charge is 0.495 e. The Labute approximate surface area is 247 Å². The summed E-state index contributed by atoms with van der Waals surface area (Å²) in [5, 5.41) is 5.51. The Morgan fingerprint density at radius 3 is 2.50 bits per heavy atom. The Bertz CT molecular complexity index is 1370. The van der Waals surface area contributed by atoms with E-state index in [0.29, 0.717) is 42.0 Å². The van der Waals surface area contributed by atoms with Crippen LogP contribution in [0.4, 0.5) is 10.8 Å². The fourth-order valence-corrected chi connectivity index (χ4v) is 5.64. The molecule has 1 saturated heterocycles. The zero-order chi connectivity index (χ0) is 28.8. The highest BCUT2D eigenvalue weighted by Gasteiger charge is 2.25. The van der Waals surface area contributed by atoms with Crippen LogP contribution in [0.3, 0.4) is 0 Å². The second-order valence-corrected chi connectivity index (χ2v) is 11.3. The number of hydrogen-bond acceptors (Lipinski definition) is 7. The van der Waals surface area contributed by atoms with Gasteiger partial charge in [-0.25, -0.2) is 4.98 Å². The van der Waals surface area contributed by atoms with Crippen LogP contribution < -0.4 is 15.0 Å². The summed E-state index contributed by atoms with van der Waals surface area (Å²) in [6.07, 6.45) is 0.146. The van der Waals surface area contributed by atoms with E-state index in [4.69, 9.17) is 27.9 Å². The van der Waals surface area contributed by atoms with Gasteiger partial charge in [0.25, 0.3) is 5.91 Å². The first-order valence-electron chi connectivity index (χ1n) is 12.8. The number of nitrogens with one attached hydrogen (secondary N) is 1. The van der Waals surface area contributed by atoms with E-state index in [1.165, 1.54) is 22.3 Å². The van der Waals surface area contributed by atoms with Crippen molar-refractivity contribution in [2.24, 2.45) is 0 Å². The summed E-state index contributed by atoms with van der Waals surface area (Å²) in [5.74, 6) is 0.0307. The monoisotopic (exact) mass is 603 g/mol. The molecule has 0 saturated carbocycles. The van der Waals surface area contributed by atoms with Crippen molar-refractivity contribution in [1.82, 2.24) is 14.8 Å². The second kappa shape index (κ2) is 13.3. The highest BCUT2D eigenvalue weighted by atomic mass is 35.5. The quantitative estimate of drug-likeness (QED) is 0.376. The van der Waals surface area contributed by atoms with E-state index in [1.54, 1.807) is 24.6 Å². The molecule has 4 rings (SSSR count). The van der Waals surface area contributed by atoms with E-state index in [-0.39, 0.29) is 41.4 Å². The van der Waals surface area contributed by atoms with Gasteiger partial charge in [-0.05, 0) is 44.2 Å². The molecule has 0 atom stereocenters. The minimum Gasteiger partial charge on any atom is -0.495 e. The van der Waals surface area contributed by atoms with Crippen molar-refractivity contribution in [1.29, 1.82) is 0 Å². The number of para-hydroxylation sites is 2. The SMILES string of the molecule is COc1ccccc1N1CCN(C(=O)Cc2csc(NC(=O)CN(C(=O)c3ccc(Cl)cc3Cl)C(C)C)n2)CC1. The van der Waals surface area contributed by atoms with Crippen LogP contribution in [-0.4, -0.2) is 78.4 Å². The molecule has 12 heteroatoms. The number of nitrogens with zero attached hydrogens (tertiary/aromatic N) is 4. The third-order valence-electron chi connectivity index (χ3n) is 6.55. The lowest BCUT2D eigenvalue weighted by atomic mass is 10.1. The van der Waals surface area contributed by atoms with Crippen LogP contribution >= 0.6 is 34.5 Å². The number of amides is 3. The first-order chi connectivity index (χ1) is 19.2. The van der Waals surface area contributed by atoms with Crippen molar-refractivity contribution in [3.8, 4) is 5.75 Å². The molecule has 1 aliphatic rings. The van der Waals surface area contributed by atoms with Crippen LogP contribution in [0.2, 0.25) is 10.0 Å². The summed E-state index contributed by atoms with van der Waals surface area (Å²) in [7, 11) is 1.65. The number of aromatic nitrogens is 1. The van der Waals surface area contributed by atoms with Gasteiger partial charge in [0, 0.05) is 42.6 Å². The fourth-order valence-electron chi connectivity index (χ4n) is 4.42. The Morgan fingerprint density at radius 1 is 1.10 bits per heavy atom. The number of hydrogen-bond donors (Lipinski definition) is 1. The molecule has 0 spiro atoms. The number of thiazole rings is 1. The second-order valence-electron chi connectivity index (χ2n) is 9.56. The number of carbonyl (C=O) groups excluding carboxylic acids is 3. The van der Waals surface area contributed by atoms with Crippen molar-refractivity contribution in [3.63, 3.8) is 0 Å². The zero-order valence-corrected chi connectivity index (χ0v) is 24.9. The molecule has 40 heavy (non-hydrogen) atoms. The summed E-state index contributed by atoms with van der Waals surface area (Å²) < 4.78 is 5.47. The van der Waals surface area contributed by atoms with Crippen molar-refractivity contribution < 1.29 is 19.1 Å². The maximum Gasteiger partial charge on any atom is 0.256 e. The number of benzene rings is 2. The van der Waals surface area contributed by atoms with Gasteiger partial charge in [0.2, 0.25) is 11.8 Å². The average molecular weight is 605 g/mol. The predicted octanol–water partition coefficient (Wildman–Crippen LogP) is 4.84. The van der Waals surface area contributed by atoms with Gasteiger partial charge in [-0.2, -0.15) is 0 Å². The van der Waals surface area contributed by atoms with Crippen LogP contribution in [0.25, 0.3) is 0 Å². The third kappa shape index (κ3) is 7.24. The van der Waals surface area contributed by atoms with Crippen LogP contribution in [0.1, 0.15) is 29.9 Å². The maximum absolute atomic E-state index is 13.1. The lowest BCUT2D eigenvalue weighted by Crippen LogP contribution is -2.49. The van der Waals surface area contributed by atoms with Gasteiger partial charge in [0.1, 0.15) is 12.3 Å². The van der Waals surface area contributed by atoms with E-state index in [1.807, 2.05) is 43.0 Å². The highest BCUT2D eigenvalue weighted by molar-refractivity contribution is 7.13. The van der Waals surface area contributed by atoms with Crippen LogP contribution in [0.15, 0.2) is 47.8 Å². The highest BCUT2D eigenvalue weighted by Crippen LogP contribution is 2.28. The number of piperazine rings is 1. The van der Waals surface area contributed by atoms with Gasteiger partial charge in [-0.3, -0.25) is 14.4 Å². The Balaban J connectivity index is 1.30. The van der Waals surface area contributed by atoms with Crippen LogP contribution in [-0.2, 0) is 16.0 Å². The summed E-state index contributed by atoms with van der Waals surface area (Å²) in [6, 6.07) is 12.2. The molecule has 3 aromatic rings. The number of carbonyl (C=O) groups is 3. The molecule has 1 aliphatic heterocycles. The molecule has 2 heterocycles. The molecule has 0 radical (unpaired) electrons. The van der Waals surface area contributed by atoms with Gasteiger partial charge in [-0.15, -0.1) is 11.3 Å². The molecule has 1 N–H and O–H groups in total. The minimum absolute atomic E-state index is 0.0146. The molecular weight excluding hydrogens is 573 g/mol. The van der Waals surface area contributed by atoms with Crippen molar-refractivity contribution in [3.05, 3.63) is 69.1 Å². The summed E-state index contributed by atoms with van der Waals surface area (Å²) in [5.41, 5.74) is 1.87. The van der Waals surface area contributed by atoms with E-state index in [0.717, 1.165) is 11.4 Å². The number of halogens is 2. The van der Waals surface area contributed by atoms with Gasteiger partial charge >= 0.3 is 0 Å². The summed E-state index contributed by atoms with van der Waals surface area (Å²) >= 11 is 13.4. The topological polar surface area (TPSA) is 95.1 Å². The summed E-state index contributed by atoms with van der Waals surface area (Å²) in [6.45, 7) is 6.06. The molecule has 1 fully saturated rings. The van der Waals surface area contributed by atoms with Crippen molar-refractivity contribution >= 4 is 63.1 Å². The smallest absolute Gasteiger partial charge is 0.256 e. The first-order valence-corrected chi connectivity index (χ1v) is 14.5. The number of methoxy groups -OCH3 is 1. The van der Waals surface area contributed by atoms with Crippen molar-refractivity contribution in [2.75, 3.05) is 50.1 Å². The molecule has 1 aromatic heterocycles. The lowest BCUT2D eigenvalue weighted by Gasteiger charge is -2.36. The van der Waals surface area contributed by atoms with Gasteiger partial charge in [0.05, 0.1) is 35.5 Å². The maximum atomic E-state index is 13.1. The van der Waals surface area contributed by atoms with E-state index < -0.39 is 5.91 Å². The molecule has 0 aliphatic carbocycles. The molecule has 2 aromatic carbocycles. The molecule has 3 amide bonds. The Morgan fingerprint density at radius 2 is 1.82 bits per heavy atom. The Kier molecular flexibility index (Phi) is 9.89. The van der Waals surface area contributed by atoms with E-state index in [2.05, 4.69) is 15.2 Å². The van der Waals surface area contributed by atoms with Crippen LogP contribution in [0, 0.1) is 0 Å². The molecular formula is C28H31Cl2N5O4S. The third-order valence-corrected chi connectivity index (χ3v) is 7.90. The molecule has 0 unspecified atom stereocenters. The summed E-state index contributed by atoms with van der Waals surface area (Å²) in [4.78, 5) is 48.7. The lowest BCUT2D eigenvalue weighted by molar-refractivity contribution is -0.130. The molecule has 0 bridgehead atoms. The number of rotatable bonds is 9. The van der Waals surface area contributed by atoms with Crippen LogP contribution in [0.5, 0.6) is 5.75 Å². The first kappa shape index (κ1) is 29.6. The molecule has 9 nitrogen and oxygen atoms in total. The van der Waals surface area contributed by atoms with E-state index in [9.17, 15) is 14.4 Å². The minimum atomic E-state index is -0.396. The zero-order valence-electron chi connectivity index (χ0n) is 22.5. The van der Waals surface area contributed by atoms with Gasteiger partial charge < -0.3 is 24.8 Å². The van der Waals surface area contributed by atoms with Gasteiger partial charge in [-0.1, -0.05) is 35.3 Å². The number of anilines is 2. The molecule has 212 valence electrons. The normalized spacial score (nSPS) is 13.3. The fraction of sp³-hybridized carbons (Fsp3) is 0.357.